The maximum absolute atomic E-state index is 13.6. The van der Waals surface area contributed by atoms with Gasteiger partial charge in [0.15, 0.2) is 21.5 Å². The van der Waals surface area contributed by atoms with Gasteiger partial charge in [0.1, 0.15) is 5.69 Å². The Morgan fingerprint density at radius 1 is 1.37 bits per heavy atom. The topological polar surface area (TPSA) is 70.0 Å². The maximum atomic E-state index is 13.6. The van der Waals surface area contributed by atoms with Crippen LogP contribution in [0.4, 0.5) is 14.5 Å². The van der Waals surface area contributed by atoms with Gasteiger partial charge in [-0.3, -0.25) is 0 Å². The normalized spacial score (nSPS) is 21.0. The molecular weight excluding hydrogens is 274 g/mol. The third-order valence-corrected chi connectivity index (χ3v) is 4.90. The van der Waals surface area contributed by atoms with E-state index in [0.29, 0.717) is 6.42 Å². The summed E-state index contributed by atoms with van der Waals surface area (Å²) in [5, 5.41) is 11.2. The number of benzene rings is 1. The van der Waals surface area contributed by atoms with Crippen LogP contribution in [0.3, 0.4) is 0 Å². The predicted molar refractivity (Wildman–Crippen MR) is 66.3 cm³/mol. The molecule has 1 N–H and O–H groups in total. The number of nitriles is 1. The molecule has 1 heterocycles. The monoisotopic (exact) mass is 286 g/mol. The standard InChI is InChI=1S/C12H12F2N2O2S/c13-10-3-9(5-15)4-11(14)12(10)16-6-8-1-2-19(17,18)7-8/h3-4,8,16H,1-2,6-7H2/t8-/m0/s1. The van der Waals surface area contributed by atoms with Crippen LogP contribution in [0.15, 0.2) is 12.1 Å². The molecule has 1 aromatic carbocycles. The first-order chi connectivity index (χ1) is 8.91. The van der Waals surface area contributed by atoms with E-state index < -0.39 is 21.5 Å². The van der Waals surface area contributed by atoms with Crippen molar-refractivity contribution in [3.63, 3.8) is 0 Å². The average Bonchev–Trinajstić information content (AvgIpc) is 2.67. The van der Waals surface area contributed by atoms with Gasteiger partial charge < -0.3 is 5.32 Å². The van der Waals surface area contributed by atoms with Crippen molar-refractivity contribution in [1.82, 2.24) is 0 Å². The van der Waals surface area contributed by atoms with Gasteiger partial charge in [-0.15, -0.1) is 0 Å². The fourth-order valence-corrected chi connectivity index (χ4v) is 3.95. The first-order valence-electron chi connectivity index (χ1n) is 5.75. The number of rotatable bonds is 3. The summed E-state index contributed by atoms with van der Waals surface area (Å²) in [6.07, 6.45) is 0.495. The first-order valence-corrected chi connectivity index (χ1v) is 7.57. The van der Waals surface area contributed by atoms with Gasteiger partial charge in [-0.1, -0.05) is 0 Å². The second-order valence-electron chi connectivity index (χ2n) is 4.58. The fourth-order valence-electron chi connectivity index (χ4n) is 2.09. The zero-order valence-electron chi connectivity index (χ0n) is 9.99. The third kappa shape index (κ3) is 3.20. The van der Waals surface area contributed by atoms with Gasteiger partial charge in [0.05, 0.1) is 23.1 Å². The summed E-state index contributed by atoms with van der Waals surface area (Å²) >= 11 is 0. The Balaban J connectivity index is 2.07. The van der Waals surface area contributed by atoms with Gasteiger partial charge in [0, 0.05) is 6.54 Å². The molecule has 1 aliphatic heterocycles. The molecule has 4 nitrogen and oxygen atoms in total. The van der Waals surface area contributed by atoms with Gasteiger partial charge in [-0.05, 0) is 24.5 Å². The molecule has 0 unspecified atom stereocenters. The maximum Gasteiger partial charge on any atom is 0.150 e. The van der Waals surface area contributed by atoms with Gasteiger partial charge in [-0.2, -0.15) is 5.26 Å². The second-order valence-corrected chi connectivity index (χ2v) is 6.81. The number of nitrogens with one attached hydrogen (secondary N) is 1. The quantitative estimate of drug-likeness (QED) is 0.918. The van der Waals surface area contributed by atoms with Gasteiger partial charge >= 0.3 is 0 Å². The van der Waals surface area contributed by atoms with Crippen LogP contribution in [0.1, 0.15) is 12.0 Å². The lowest BCUT2D eigenvalue weighted by Crippen LogP contribution is -2.17. The minimum atomic E-state index is -3.00. The number of hydrogen-bond acceptors (Lipinski definition) is 4. The van der Waals surface area contributed by atoms with E-state index in [1.165, 1.54) is 0 Å². The van der Waals surface area contributed by atoms with Crippen molar-refractivity contribution in [1.29, 1.82) is 5.26 Å². The minimum Gasteiger partial charge on any atom is -0.380 e. The largest absolute Gasteiger partial charge is 0.380 e. The summed E-state index contributed by atoms with van der Waals surface area (Å²) in [7, 11) is -3.00. The first kappa shape index (κ1) is 13.7. The lowest BCUT2D eigenvalue weighted by molar-refractivity contribution is 0.575. The molecule has 0 radical (unpaired) electrons. The zero-order valence-corrected chi connectivity index (χ0v) is 10.8. The van der Waals surface area contributed by atoms with Crippen molar-refractivity contribution in [2.45, 2.75) is 6.42 Å². The Kier molecular flexibility index (Phi) is 3.71. The summed E-state index contributed by atoms with van der Waals surface area (Å²) in [5.41, 5.74) is -0.410. The highest BCUT2D eigenvalue weighted by molar-refractivity contribution is 7.91. The van der Waals surface area contributed by atoms with Crippen LogP contribution < -0.4 is 5.32 Å². The van der Waals surface area contributed by atoms with E-state index in [9.17, 15) is 17.2 Å². The van der Waals surface area contributed by atoms with Crippen molar-refractivity contribution in [3.8, 4) is 6.07 Å². The van der Waals surface area contributed by atoms with Gasteiger partial charge in [-0.25, -0.2) is 17.2 Å². The van der Waals surface area contributed by atoms with E-state index in [0.717, 1.165) is 12.1 Å². The lowest BCUT2D eigenvalue weighted by atomic mass is 10.1. The molecule has 1 atom stereocenters. The number of anilines is 1. The Labute approximate surface area is 110 Å². The van der Waals surface area contributed by atoms with Crippen LogP contribution in [0.25, 0.3) is 0 Å². The SMILES string of the molecule is N#Cc1cc(F)c(NC[C@@H]2CCS(=O)(=O)C2)c(F)c1. The molecule has 0 aliphatic carbocycles. The Hall–Kier alpha value is -1.68. The molecule has 1 fully saturated rings. The zero-order chi connectivity index (χ0) is 14.0. The van der Waals surface area contributed by atoms with Crippen molar-refractivity contribution in [2.75, 3.05) is 23.4 Å². The molecule has 0 bridgehead atoms. The third-order valence-electron chi connectivity index (χ3n) is 3.07. The molecule has 102 valence electrons. The van der Waals surface area contributed by atoms with Gasteiger partial charge in [0.25, 0.3) is 0 Å². The van der Waals surface area contributed by atoms with Crippen LogP contribution >= 0.6 is 0 Å². The summed E-state index contributed by atoms with van der Waals surface area (Å²) in [4.78, 5) is 0. The van der Waals surface area contributed by atoms with E-state index in [-0.39, 0.29) is 35.2 Å². The second kappa shape index (κ2) is 5.13. The molecule has 0 amide bonds. The van der Waals surface area contributed by atoms with E-state index in [1.54, 1.807) is 6.07 Å². The minimum absolute atomic E-state index is 0.0412. The van der Waals surface area contributed by atoms with Crippen LogP contribution in [0, 0.1) is 28.9 Å². The van der Waals surface area contributed by atoms with Crippen molar-refractivity contribution in [3.05, 3.63) is 29.3 Å². The molecule has 7 heteroatoms. The molecule has 2 rings (SSSR count). The van der Waals surface area contributed by atoms with E-state index in [2.05, 4.69) is 5.32 Å². The molecular formula is C12H12F2N2O2S. The van der Waals surface area contributed by atoms with Gasteiger partial charge in [0.2, 0.25) is 0 Å². The fraction of sp³-hybridized carbons (Fsp3) is 0.417. The van der Waals surface area contributed by atoms with E-state index >= 15 is 0 Å². The summed E-state index contributed by atoms with van der Waals surface area (Å²) in [6.45, 7) is 0.193. The summed E-state index contributed by atoms with van der Waals surface area (Å²) in [6, 6.07) is 3.54. The Bertz CT molecular complexity index is 615. The number of sulfone groups is 1. The molecule has 19 heavy (non-hydrogen) atoms. The Morgan fingerprint density at radius 2 is 2.00 bits per heavy atom. The van der Waals surface area contributed by atoms with E-state index in [4.69, 9.17) is 5.26 Å². The summed E-state index contributed by atoms with van der Waals surface area (Å²) < 4.78 is 49.6. The van der Waals surface area contributed by atoms with E-state index in [1.807, 2.05) is 0 Å². The molecule has 1 aliphatic rings. The molecule has 0 saturated carbocycles. The van der Waals surface area contributed by atoms with Crippen LogP contribution in [0.5, 0.6) is 0 Å². The molecule has 0 spiro atoms. The van der Waals surface area contributed by atoms with Crippen LogP contribution in [-0.2, 0) is 9.84 Å². The average molecular weight is 286 g/mol. The predicted octanol–water partition coefficient (Wildman–Crippen LogP) is 1.68. The highest BCUT2D eigenvalue weighted by Gasteiger charge is 2.28. The lowest BCUT2D eigenvalue weighted by Gasteiger charge is -2.12. The highest BCUT2D eigenvalue weighted by atomic mass is 32.2. The molecule has 1 aromatic rings. The van der Waals surface area contributed by atoms with Crippen LogP contribution in [0.2, 0.25) is 0 Å². The smallest absolute Gasteiger partial charge is 0.150 e. The van der Waals surface area contributed by atoms with Crippen LogP contribution in [-0.4, -0.2) is 26.5 Å². The molecule has 0 aromatic heterocycles. The summed E-state index contributed by atoms with van der Waals surface area (Å²) in [5.74, 6) is -1.67. The van der Waals surface area contributed by atoms with Crippen molar-refractivity contribution in [2.24, 2.45) is 5.92 Å². The highest BCUT2D eigenvalue weighted by Crippen LogP contribution is 2.23. The van der Waals surface area contributed by atoms with Crippen molar-refractivity contribution < 1.29 is 17.2 Å². The Morgan fingerprint density at radius 3 is 2.47 bits per heavy atom. The number of nitrogens with zero attached hydrogens (tertiary/aromatic N) is 1. The number of halogens is 2. The molecule has 1 saturated heterocycles. The van der Waals surface area contributed by atoms with Crippen molar-refractivity contribution >= 4 is 15.5 Å². The number of hydrogen-bond donors (Lipinski definition) is 1.